The van der Waals surface area contributed by atoms with Crippen molar-refractivity contribution >= 4 is 16.0 Å². The number of nitrogens with zero attached hydrogens (tertiary/aromatic N) is 2. The number of carbonyl (C=O) groups excluding carboxylic acids is 1. The van der Waals surface area contributed by atoms with Crippen molar-refractivity contribution in [1.29, 1.82) is 0 Å². The van der Waals surface area contributed by atoms with Crippen molar-refractivity contribution in [3.63, 3.8) is 0 Å². The molecule has 0 amide bonds. The van der Waals surface area contributed by atoms with Crippen molar-refractivity contribution in [1.82, 2.24) is 9.21 Å². The molecule has 2 fully saturated rings. The van der Waals surface area contributed by atoms with Crippen LogP contribution in [0.5, 0.6) is 0 Å². The van der Waals surface area contributed by atoms with E-state index in [0.717, 1.165) is 32.5 Å². The molecule has 7 nitrogen and oxygen atoms in total. The van der Waals surface area contributed by atoms with Crippen LogP contribution in [0.2, 0.25) is 0 Å². The van der Waals surface area contributed by atoms with E-state index in [2.05, 4.69) is 23.5 Å². The van der Waals surface area contributed by atoms with Gasteiger partial charge in [-0.1, -0.05) is 0 Å². The van der Waals surface area contributed by atoms with E-state index in [0.29, 0.717) is 24.6 Å². The number of hydrogen-bond donors (Lipinski definition) is 0. The Bertz CT molecular complexity index is 762. The second kappa shape index (κ2) is 8.90. The van der Waals surface area contributed by atoms with Gasteiger partial charge in [0, 0.05) is 32.7 Å². The summed E-state index contributed by atoms with van der Waals surface area (Å²) in [5.74, 6) is 0.0298. The topological polar surface area (TPSA) is 76.2 Å². The van der Waals surface area contributed by atoms with Gasteiger partial charge in [0.05, 0.1) is 29.8 Å². The SMILES string of the molecule is COC(=O)c1ccc(S(=O)(=O)N2CCC(CN3CC(C)OC(C)C3)CC2)cc1. The van der Waals surface area contributed by atoms with Crippen molar-refractivity contribution < 1.29 is 22.7 Å². The first-order valence-electron chi connectivity index (χ1n) is 9.86. The minimum Gasteiger partial charge on any atom is -0.465 e. The number of ether oxygens (including phenoxy) is 2. The second-order valence-electron chi connectivity index (χ2n) is 7.84. The largest absolute Gasteiger partial charge is 0.465 e. The van der Waals surface area contributed by atoms with Crippen LogP contribution < -0.4 is 0 Å². The average molecular weight is 411 g/mol. The predicted molar refractivity (Wildman–Crippen MR) is 106 cm³/mol. The summed E-state index contributed by atoms with van der Waals surface area (Å²) in [6.07, 6.45) is 2.22. The van der Waals surface area contributed by atoms with E-state index < -0.39 is 16.0 Å². The van der Waals surface area contributed by atoms with Crippen LogP contribution in [0.4, 0.5) is 0 Å². The van der Waals surface area contributed by atoms with E-state index in [4.69, 9.17) is 4.74 Å². The highest BCUT2D eigenvalue weighted by Crippen LogP contribution is 2.25. The van der Waals surface area contributed by atoms with Gasteiger partial charge in [-0.25, -0.2) is 13.2 Å². The molecule has 2 unspecified atom stereocenters. The van der Waals surface area contributed by atoms with Crippen molar-refractivity contribution in [3.8, 4) is 0 Å². The summed E-state index contributed by atoms with van der Waals surface area (Å²) in [6.45, 7) is 8.14. The van der Waals surface area contributed by atoms with Crippen LogP contribution in [-0.4, -0.2) is 75.6 Å². The highest BCUT2D eigenvalue weighted by molar-refractivity contribution is 7.89. The van der Waals surface area contributed by atoms with Gasteiger partial charge in [0.1, 0.15) is 0 Å². The van der Waals surface area contributed by atoms with Gasteiger partial charge in [-0.3, -0.25) is 4.90 Å². The lowest BCUT2D eigenvalue weighted by atomic mass is 9.97. The fourth-order valence-electron chi connectivity index (χ4n) is 4.16. The summed E-state index contributed by atoms with van der Waals surface area (Å²) >= 11 is 0. The average Bonchev–Trinajstić information content (AvgIpc) is 2.67. The molecule has 0 bridgehead atoms. The lowest BCUT2D eigenvalue weighted by Gasteiger charge is -2.39. The van der Waals surface area contributed by atoms with Crippen molar-refractivity contribution in [3.05, 3.63) is 29.8 Å². The van der Waals surface area contributed by atoms with Crippen LogP contribution in [0, 0.1) is 5.92 Å². The predicted octanol–water partition coefficient (Wildman–Crippen LogP) is 1.98. The molecule has 3 rings (SSSR count). The van der Waals surface area contributed by atoms with Crippen molar-refractivity contribution in [2.45, 2.75) is 43.8 Å². The van der Waals surface area contributed by atoms with Crippen LogP contribution >= 0.6 is 0 Å². The van der Waals surface area contributed by atoms with Gasteiger partial charge in [0.2, 0.25) is 10.0 Å². The van der Waals surface area contributed by atoms with Crippen molar-refractivity contribution in [2.75, 3.05) is 39.8 Å². The van der Waals surface area contributed by atoms with Gasteiger partial charge in [-0.15, -0.1) is 0 Å². The number of carbonyl (C=O) groups is 1. The van der Waals surface area contributed by atoms with E-state index in [1.807, 2.05) is 0 Å². The number of piperidine rings is 1. The number of sulfonamides is 1. The number of esters is 1. The van der Waals surface area contributed by atoms with E-state index >= 15 is 0 Å². The molecule has 2 atom stereocenters. The summed E-state index contributed by atoms with van der Waals surface area (Å²) in [4.78, 5) is 14.2. The first-order valence-corrected chi connectivity index (χ1v) is 11.3. The maximum atomic E-state index is 12.9. The van der Waals surface area contributed by atoms with Gasteiger partial charge in [0.15, 0.2) is 0 Å². The molecule has 156 valence electrons. The van der Waals surface area contributed by atoms with E-state index in [1.165, 1.54) is 31.4 Å². The Kier molecular flexibility index (Phi) is 6.75. The maximum absolute atomic E-state index is 12.9. The molecule has 8 heteroatoms. The van der Waals surface area contributed by atoms with Gasteiger partial charge < -0.3 is 9.47 Å². The minimum atomic E-state index is -3.54. The van der Waals surface area contributed by atoms with E-state index in [9.17, 15) is 13.2 Å². The first kappa shape index (κ1) is 21.2. The van der Waals surface area contributed by atoms with Crippen LogP contribution in [0.1, 0.15) is 37.0 Å². The summed E-state index contributed by atoms with van der Waals surface area (Å²) in [5.41, 5.74) is 0.342. The monoisotopic (exact) mass is 410 g/mol. The molecule has 2 aliphatic rings. The third kappa shape index (κ3) is 4.92. The molecule has 2 heterocycles. The number of benzene rings is 1. The fourth-order valence-corrected chi connectivity index (χ4v) is 5.63. The number of rotatable bonds is 5. The fraction of sp³-hybridized carbons (Fsp3) is 0.650. The summed E-state index contributed by atoms with van der Waals surface area (Å²) in [6, 6.07) is 5.94. The Morgan fingerprint density at radius 1 is 1.11 bits per heavy atom. The lowest BCUT2D eigenvalue weighted by Crippen LogP contribution is -2.48. The van der Waals surface area contributed by atoms with Gasteiger partial charge >= 0.3 is 5.97 Å². The molecule has 0 N–H and O–H groups in total. The van der Waals surface area contributed by atoms with Crippen LogP contribution in [0.25, 0.3) is 0 Å². The molecule has 1 aromatic rings. The molecule has 0 saturated carbocycles. The molecule has 0 radical (unpaired) electrons. The molecular formula is C20H30N2O5S. The quantitative estimate of drug-likeness (QED) is 0.691. The number of morpholine rings is 1. The molecule has 28 heavy (non-hydrogen) atoms. The van der Waals surface area contributed by atoms with Crippen molar-refractivity contribution in [2.24, 2.45) is 5.92 Å². The molecule has 0 aromatic heterocycles. The lowest BCUT2D eigenvalue weighted by molar-refractivity contribution is -0.0726. The smallest absolute Gasteiger partial charge is 0.337 e. The first-order chi connectivity index (χ1) is 13.3. The summed E-state index contributed by atoms with van der Waals surface area (Å²) in [5, 5.41) is 0. The second-order valence-corrected chi connectivity index (χ2v) is 9.78. The maximum Gasteiger partial charge on any atom is 0.337 e. The number of hydrogen-bond acceptors (Lipinski definition) is 6. The molecule has 2 aliphatic heterocycles. The van der Waals surface area contributed by atoms with E-state index in [-0.39, 0.29) is 17.1 Å². The standard InChI is InChI=1S/C20H30N2O5S/c1-15-12-21(13-16(2)27-15)14-17-8-10-22(11-9-17)28(24,25)19-6-4-18(5-7-19)20(23)26-3/h4-7,15-17H,8-14H2,1-3H3. The zero-order valence-corrected chi connectivity index (χ0v) is 17.7. The zero-order chi connectivity index (χ0) is 20.3. The van der Waals surface area contributed by atoms with Gasteiger partial charge in [-0.2, -0.15) is 4.31 Å². The molecular weight excluding hydrogens is 380 g/mol. The Balaban J connectivity index is 1.57. The molecule has 1 aromatic carbocycles. The molecule has 0 aliphatic carbocycles. The van der Waals surface area contributed by atoms with Crippen LogP contribution in [-0.2, 0) is 19.5 Å². The molecule has 0 spiro atoms. The van der Waals surface area contributed by atoms with Crippen LogP contribution in [0.15, 0.2) is 29.2 Å². The van der Waals surface area contributed by atoms with Gasteiger partial charge in [0.25, 0.3) is 0 Å². The number of methoxy groups -OCH3 is 1. The highest BCUT2D eigenvalue weighted by atomic mass is 32.2. The zero-order valence-electron chi connectivity index (χ0n) is 16.8. The Morgan fingerprint density at radius 2 is 1.68 bits per heavy atom. The third-order valence-electron chi connectivity index (χ3n) is 5.50. The highest BCUT2D eigenvalue weighted by Gasteiger charge is 2.31. The third-order valence-corrected chi connectivity index (χ3v) is 7.41. The van der Waals surface area contributed by atoms with Crippen LogP contribution in [0.3, 0.4) is 0 Å². The summed E-state index contributed by atoms with van der Waals surface area (Å²) < 4.78 is 37.8. The normalized spacial score (nSPS) is 25.5. The minimum absolute atomic E-state index is 0.217. The van der Waals surface area contributed by atoms with Gasteiger partial charge in [-0.05, 0) is 56.9 Å². The molecule has 2 saturated heterocycles. The Labute approximate surface area is 167 Å². The Hall–Kier alpha value is -1.48. The Morgan fingerprint density at radius 3 is 2.21 bits per heavy atom. The summed E-state index contributed by atoms with van der Waals surface area (Å²) in [7, 11) is -2.24. The van der Waals surface area contributed by atoms with E-state index in [1.54, 1.807) is 4.31 Å².